The van der Waals surface area contributed by atoms with Crippen molar-refractivity contribution < 1.29 is 33.9 Å². The van der Waals surface area contributed by atoms with E-state index in [-0.39, 0.29) is 86.0 Å². The highest BCUT2D eigenvalue weighted by molar-refractivity contribution is 6.22. The molecular weight excluding hydrogens is 578 g/mol. The number of benzene rings is 2. The summed E-state index contributed by atoms with van der Waals surface area (Å²) in [6.07, 6.45) is 1.90. The molecule has 2 aromatic rings. The molecule has 2 aromatic carbocycles. The first-order valence-electron chi connectivity index (χ1n) is 15.2. The van der Waals surface area contributed by atoms with Gasteiger partial charge in [-0.05, 0) is 36.5 Å². The number of amides is 4. The minimum atomic E-state index is -0.765. The van der Waals surface area contributed by atoms with Crippen LogP contribution in [0.25, 0.3) is 0 Å². The molecule has 3 atom stereocenters. The summed E-state index contributed by atoms with van der Waals surface area (Å²) in [4.78, 5) is 79.4. The van der Waals surface area contributed by atoms with Crippen molar-refractivity contribution in [2.45, 2.75) is 62.8 Å². The summed E-state index contributed by atoms with van der Waals surface area (Å²) in [6, 6.07) is 13.1. The molecule has 6 rings (SSSR count). The lowest BCUT2D eigenvalue weighted by Gasteiger charge is -2.29. The van der Waals surface area contributed by atoms with Crippen LogP contribution >= 0.6 is 0 Å². The number of hydrogen-bond acceptors (Lipinski definition) is 9. The van der Waals surface area contributed by atoms with Gasteiger partial charge in [0.15, 0.2) is 11.6 Å². The van der Waals surface area contributed by atoms with Crippen molar-refractivity contribution in [3.05, 3.63) is 77.0 Å². The number of carbonyl (C=O) groups excluding carboxylic acids is 6. The lowest BCUT2D eigenvalue weighted by Crippen LogP contribution is -2.52. The van der Waals surface area contributed by atoms with Crippen molar-refractivity contribution in [2.24, 2.45) is 0 Å². The predicted molar refractivity (Wildman–Crippen MR) is 162 cm³/mol. The van der Waals surface area contributed by atoms with Gasteiger partial charge in [0.2, 0.25) is 17.7 Å². The zero-order chi connectivity index (χ0) is 31.7. The summed E-state index contributed by atoms with van der Waals surface area (Å²) in [5.74, 6) is -2.08. The van der Waals surface area contributed by atoms with E-state index in [0.29, 0.717) is 29.9 Å². The maximum absolute atomic E-state index is 13.5. The summed E-state index contributed by atoms with van der Waals surface area (Å²) in [5.41, 5.74) is 2.56. The third-order valence-electron chi connectivity index (χ3n) is 9.05. The van der Waals surface area contributed by atoms with Crippen LogP contribution in [0.5, 0.6) is 0 Å². The van der Waals surface area contributed by atoms with Crippen LogP contribution in [0.1, 0.15) is 59.5 Å². The molecule has 0 aromatic heterocycles. The van der Waals surface area contributed by atoms with E-state index in [1.165, 1.54) is 11.1 Å². The second kappa shape index (κ2) is 12.7. The number of ketones is 2. The molecule has 4 N–H and O–H groups in total. The SMILES string of the molecule is O=C1CCC(N2Cc3c(NC(=O)[C@@H]4C[C@H](O)CN4CCNC=C4C(=O)CC(c5ccccc5)CC4=O)cccc3C2=O)C(=O)N1. The highest BCUT2D eigenvalue weighted by atomic mass is 16.3. The molecule has 4 amide bonds. The van der Waals surface area contributed by atoms with E-state index < -0.39 is 24.1 Å². The molecule has 45 heavy (non-hydrogen) atoms. The Hall–Kier alpha value is -4.68. The molecular formula is C33H35N5O7. The lowest BCUT2D eigenvalue weighted by molar-refractivity contribution is -0.137. The first-order chi connectivity index (χ1) is 21.7. The molecule has 1 unspecified atom stereocenters. The molecule has 2 saturated heterocycles. The Morgan fingerprint density at radius 3 is 2.49 bits per heavy atom. The zero-order valence-corrected chi connectivity index (χ0v) is 24.7. The molecule has 0 spiro atoms. The number of β-amino-alcohol motifs (C(OH)–C–C–N with tert-alkyl or cyclic N) is 1. The molecule has 3 heterocycles. The Bertz CT molecular complexity index is 1570. The van der Waals surface area contributed by atoms with Crippen LogP contribution in [-0.4, -0.2) is 87.9 Å². The number of anilines is 1. The molecule has 12 nitrogen and oxygen atoms in total. The number of aliphatic hydroxyl groups excluding tert-OH is 1. The van der Waals surface area contributed by atoms with E-state index >= 15 is 0 Å². The van der Waals surface area contributed by atoms with Crippen LogP contribution < -0.4 is 16.0 Å². The highest BCUT2D eigenvalue weighted by Crippen LogP contribution is 2.33. The summed E-state index contributed by atoms with van der Waals surface area (Å²) in [7, 11) is 0. The second-order valence-electron chi connectivity index (χ2n) is 12.0. The van der Waals surface area contributed by atoms with Gasteiger partial charge in [-0.1, -0.05) is 36.4 Å². The van der Waals surface area contributed by atoms with Crippen molar-refractivity contribution in [2.75, 3.05) is 25.0 Å². The minimum absolute atomic E-state index is 0.121. The molecule has 0 radical (unpaired) electrons. The van der Waals surface area contributed by atoms with Gasteiger partial charge in [0.1, 0.15) is 6.04 Å². The van der Waals surface area contributed by atoms with E-state index in [1.54, 1.807) is 18.2 Å². The number of fused-ring (bicyclic) bond motifs is 1. The Labute approximate surface area is 259 Å². The van der Waals surface area contributed by atoms with Crippen molar-refractivity contribution in [3.8, 4) is 0 Å². The number of Topliss-reactive ketones (excluding diaryl/α,β-unsaturated/α-hetero) is 2. The first kappa shape index (κ1) is 30.4. The van der Waals surface area contributed by atoms with Gasteiger partial charge in [-0.3, -0.25) is 39.0 Å². The monoisotopic (exact) mass is 613 g/mol. The molecule has 0 bridgehead atoms. The third-order valence-corrected chi connectivity index (χ3v) is 9.05. The van der Waals surface area contributed by atoms with Crippen LogP contribution in [0.4, 0.5) is 5.69 Å². The van der Waals surface area contributed by atoms with Crippen molar-refractivity contribution >= 4 is 40.9 Å². The van der Waals surface area contributed by atoms with Crippen LogP contribution in [0.3, 0.4) is 0 Å². The van der Waals surface area contributed by atoms with Gasteiger partial charge >= 0.3 is 0 Å². The first-order valence-corrected chi connectivity index (χ1v) is 15.2. The standard InChI is InChI=1S/C33H35N5O7/c39-21-15-27(37(17-21)12-11-34-16-23-28(40)13-20(14-29(23)41)19-5-2-1-3-6-19)32(44)35-25-8-4-7-22-24(25)18-38(33(22)45)26-9-10-30(42)36-31(26)43/h1-8,16,20-21,26-27,34,39H,9-15,17-18H2,(H,35,44)(H,36,42,43)/t20?,21-,26?,27-/m0/s1. The van der Waals surface area contributed by atoms with Crippen LogP contribution in [0.2, 0.25) is 0 Å². The van der Waals surface area contributed by atoms with Crippen molar-refractivity contribution in [1.29, 1.82) is 0 Å². The van der Waals surface area contributed by atoms with E-state index in [1.807, 2.05) is 35.2 Å². The third kappa shape index (κ3) is 6.29. The Balaban J connectivity index is 1.05. The second-order valence-corrected chi connectivity index (χ2v) is 12.0. The number of carbonyl (C=O) groups is 6. The Morgan fingerprint density at radius 2 is 1.76 bits per heavy atom. The maximum Gasteiger partial charge on any atom is 0.255 e. The normalized spacial score (nSPS) is 25.3. The van der Waals surface area contributed by atoms with E-state index in [2.05, 4.69) is 16.0 Å². The van der Waals surface area contributed by atoms with Gasteiger partial charge in [0.05, 0.1) is 17.7 Å². The van der Waals surface area contributed by atoms with E-state index in [4.69, 9.17) is 0 Å². The average molecular weight is 614 g/mol. The fourth-order valence-corrected chi connectivity index (χ4v) is 6.72. The molecule has 3 fully saturated rings. The Morgan fingerprint density at radius 1 is 1.00 bits per heavy atom. The molecule has 234 valence electrons. The van der Waals surface area contributed by atoms with E-state index in [9.17, 15) is 33.9 Å². The average Bonchev–Trinajstić information content (AvgIpc) is 3.56. The van der Waals surface area contributed by atoms with Crippen LogP contribution in [0, 0.1) is 0 Å². The molecule has 3 aliphatic heterocycles. The van der Waals surface area contributed by atoms with Gasteiger partial charge in [-0.25, -0.2) is 0 Å². The fraction of sp³-hybridized carbons (Fsp3) is 0.394. The Kier molecular flexibility index (Phi) is 8.59. The summed E-state index contributed by atoms with van der Waals surface area (Å²) in [5, 5.41) is 18.6. The number of hydrogen-bond donors (Lipinski definition) is 4. The number of rotatable bonds is 8. The van der Waals surface area contributed by atoms with Crippen LogP contribution in [0.15, 0.2) is 60.3 Å². The van der Waals surface area contributed by atoms with Gasteiger partial charge in [0.25, 0.3) is 5.91 Å². The quantitative estimate of drug-likeness (QED) is 0.147. The highest BCUT2D eigenvalue weighted by Gasteiger charge is 2.41. The summed E-state index contributed by atoms with van der Waals surface area (Å²) >= 11 is 0. The minimum Gasteiger partial charge on any atom is -0.392 e. The summed E-state index contributed by atoms with van der Waals surface area (Å²) < 4.78 is 0. The molecule has 4 aliphatic rings. The number of nitrogens with one attached hydrogen (secondary N) is 3. The fourth-order valence-electron chi connectivity index (χ4n) is 6.72. The molecule has 1 aliphatic carbocycles. The number of allylic oxidation sites excluding steroid dienone is 1. The topological polar surface area (TPSA) is 165 Å². The smallest absolute Gasteiger partial charge is 0.255 e. The number of piperidine rings is 1. The van der Waals surface area contributed by atoms with E-state index in [0.717, 1.165) is 5.56 Å². The summed E-state index contributed by atoms with van der Waals surface area (Å²) in [6.45, 7) is 1.12. The predicted octanol–water partition coefficient (Wildman–Crippen LogP) is 1.01. The number of aliphatic hydroxyl groups is 1. The molecule has 12 heteroatoms. The van der Waals surface area contributed by atoms with Gasteiger partial charge in [0, 0.05) is 68.5 Å². The number of imide groups is 1. The maximum atomic E-state index is 13.5. The van der Waals surface area contributed by atoms with Gasteiger partial charge in [-0.2, -0.15) is 0 Å². The van der Waals surface area contributed by atoms with Gasteiger partial charge in [-0.15, -0.1) is 0 Å². The van der Waals surface area contributed by atoms with Crippen molar-refractivity contribution in [3.63, 3.8) is 0 Å². The van der Waals surface area contributed by atoms with Crippen molar-refractivity contribution in [1.82, 2.24) is 20.4 Å². The number of likely N-dealkylation sites (tertiary alicyclic amines) is 1. The number of nitrogens with zero attached hydrogens (tertiary/aromatic N) is 2. The zero-order valence-electron chi connectivity index (χ0n) is 24.7. The lowest BCUT2D eigenvalue weighted by atomic mass is 9.80. The van der Waals surface area contributed by atoms with Crippen LogP contribution in [-0.2, 0) is 30.5 Å². The van der Waals surface area contributed by atoms with Gasteiger partial charge < -0.3 is 20.6 Å². The largest absolute Gasteiger partial charge is 0.392 e. The molecule has 1 saturated carbocycles.